The highest BCUT2D eigenvalue weighted by molar-refractivity contribution is 6.33. The second-order valence-electron chi connectivity index (χ2n) is 5.10. The summed E-state index contributed by atoms with van der Waals surface area (Å²) in [7, 11) is 1.67. The number of rotatable bonds is 6. The van der Waals surface area contributed by atoms with Gasteiger partial charge in [-0.25, -0.2) is 0 Å². The van der Waals surface area contributed by atoms with Gasteiger partial charge in [0.05, 0.1) is 11.3 Å². The van der Waals surface area contributed by atoms with Crippen molar-refractivity contribution in [2.75, 3.05) is 18.5 Å². The number of halogens is 1. The summed E-state index contributed by atoms with van der Waals surface area (Å²) in [6, 6.07) is 6.72. The number of aryl methyl sites for hydroxylation is 2. The van der Waals surface area contributed by atoms with Gasteiger partial charge in [0.1, 0.15) is 10.9 Å². The van der Waals surface area contributed by atoms with Crippen molar-refractivity contribution in [3.63, 3.8) is 0 Å². The van der Waals surface area contributed by atoms with Crippen LogP contribution < -0.4 is 15.4 Å². The van der Waals surface area contributed by atoms with Crippen LogP contribution in [0.25, 0.3) is 0 Å². The number of nitrogens with zero attached hydrogens (tertiary/aromatic N) is 2. The molecule has 8 heteroatoms. The number of carbonyl (C=O) groups excluding carboxylic acids is 2. The summed E-state index contributed by atoms with van der Waals surface area (Å²) in [4.78, 5) is 23.6. The molecule has 0 bridgehead atoms. The van der Waals surface area contributed by atoms with E-state index in [1.807, 2.05) is 6.92 Å². The topological polar surface area (TPSA) is 85.2 Å². The number of benzene rings is 1. The van der Waals surface area contributed by atoms with Crippen LogP contribution in [0.3, 0.4) is 0 Å². The van der Waals surface area contributed by atoms with Crippen molar-refractivity contribution in [2.24, 2.45) is 7.05 Å². The average Bonchev–Trinajstić information content (AvgIpc) is 2.79. The summed E-state index contributed by atoms with van der Waals surface area (Å²) in [5.74, 6) is 0.0213. The van der Waals surface area contributed by atoms with Crippen molar-refractivity contribution in [1.82, 2.24) is 15.1 Å². The Kier molecular flexibility index (Phi) is 5.81. The number of hydrogen-bond acceptors (Lipinski definition) is 4. The maximum atomic E-state index is 12.3. The molecule has 24 heavy (non-hydrogen) atoms. The predicted molar refractivity (Wildman–Crippen MR) is 91.5 cm³/mol. The zero-order valence-corrected chi connectivity index (χ0v) is 14.5. The van der Waals surface area contributed by atoms with Crippen molar-refractivity contribution in [1.29, 1.82) is 0 Å². The Morgan fingerprint density at radius 3 is 2.50 bits per heavy atom. The van der Waals surface area contributed by atoms with Crippen molar-refractivity contribution < 1.29 is 14.3 Å². The van der Waals surface area contributed by atoms with Crippen LogP contribution in [-0.2, 0) is 11.8 Å². The number of ether oxygens (including phenoxy) is 1. The summed E-state index contributed by atoms with van der Waals surface area (Å²) < 4.78 is 6.80. The molecule has 0 saturated carbocycles. The predicted octanol–water partition coefficient (Wildman–Crippen LogP) is 2.15. The minimum absolute atomic E-state index is 0.0516. The normalized spacial score (nSPS) is 10.3. The average molecular weight is 351 g/mol. The second kappa shape index (κ2) is 7.83. The fourth-order valence-corrected chi connectivity index (χ4v) is 2.37. The Hall–Kier alpha value is -2.54. The third-order valence-corrected chi connectivity index (χ3v) is 3.67. The zero-order chi connectivity index (χ0) is 17.7. The van der Waals surface area contributed by atoms with Gasteiger partial charge in [0.15, 0.2) is 6.61 Å². The van der Waals surface area contributed by atoms with E-state index < -0.39 is 0 Å². The summed E-state index contributed by atoms with van der Waals surface area (Å²) in [6.45, 7) is 4.07. The third kappa shape index (κ3) is 4.26. The van der Waals surface area contributed by atoms with Gasteiger partial charge in [0.2, 0.25) is 0 Å². The lowest BCUT2D eigenvalue weighted by atomic mass is 10.2. The van der Waals surface area contributed by atoms with E-state index in [0.29, 0.717) is 29.2 Å². The van der Waals surface area contributed by atoms with Gasteiger partial charge in [-0.2, -0.15) is 5.10 Å². The van der Waals surface area contributed by atoms with E-state index in [1.54, 1.807) is 38.2 Å². The molecule has 0 fully saturated rings. The monoisotopic (exact) mass is 350 g/mol. The standard InChI is InChI=1S/C16H19ClN4O3/c1-4-18-13(22)9-24-12-7-5-11(6-8-12)19-16(23)14-10(2)20-21(3)15(14)17/h5-8H,4,9H2,1-3H3,(H,18,22)(H,19,23). The Balaban J connectivity index is 1.98. The molecule has 0 spiro atoms. The van der Waals surface area contributed by atoms with Gasteiger partial charge in [-0.3, -0.25) is 14.3 Å². The summed E-state index contributed by atoms with van der Waals surface area (Å²) in [5.41, 5.74) is 1.49. The number of nitrogens with one attached hydrogen (secondary N) is 2. The molecule has 128 valence electrons. The number of anilines is 1. The molecular weight excluding hydrogens is 332 g/mol. The van der Waals surface area contributed by atoms with E-state index >= 15 is 0 Å². The highest BCUT2D eigenvalue weighted by Crippen LogP contribution is 2.21. The molecule has 2 rings (SSSR count). The number of likely N-dealkylation sites (N-methyl/N-ethyl adjacent to an activating group) is 1. The SMILES string of the molecule is CCNC(=O)COc1ccc(NC(=O)c2c(C)nn(C)c2Cl)cc1. The van der Waals surface area contributed by atoms with E-state index in [4.69, 9.17) is 16.3 Å². The molecule has 1 aromatic carbocycles. The van der Waals surface area contributed by atoms with Gasteiger partial charge >= 0.3 is 0 Å². The molecule has 7 nitrogen and oxygen atoms in total. The lowest BCUT2D eigenvalue weighted by Gasteiger charge is -2.08. The second-order valence-corrected chi connectivity index (χ2v) is 5.45. The number of aromatic nitrogens is 2. The Morgan fingerprint density at radius 1 is 1.29 bits per heavy atom. The summed E-state index contributed by atoms with van der Waals surface area (Å²) in [6.07, 6.45) is 0. The van der Waals surface area contributed by atoms with Gasteiger partial charge in [-0.15, -0.1) is 0 Å². The van der Waals surface area contributed by atoms with Crippen LogP contribution in [-0.4, -0.2) is 34.7 Å². The summed E-state index contributed by atoms with van der Waals surface area (Å²) >= 11 is 6.08. The first-order chi connectivity index (χ1) is 11.4. The molecule has 2 N–H and O–H groups in total. The minimum atomic E-state index is -0.332. The van der Waals surface area contributed by atoms with E-state index in [9.17, 15) is 9.59 Å². The van der Waals surface area contributed by atoms with Crippen LogP contribution in [0.2, 0.25) is 5.15 Å². The van der Waals surface area contributed by atoms with Gasteiger partial charge in [-0.05, 0) is 38.1 Å². The highest BCUT2D eigenvalue weighted by Gasteiger charge is 2.18. The quantitative estimate of drug-likeness (QED) is 0.836. The molecule has 0 atom stereocenters. The van der Waals surface area contributed by atoms with Gasteiger partial charge in [0.25, 0.3) is 11.8 Å². The van der Waals surface area contributed by atoms with E-state index in [0.717, 1.165) is 0 Å². The molecule has 2 aromatic rings. The van der Waals surface area contributed by atoms with Crippen LogP contribution >= 0.6 is 11.6 Å². The van der Waals surface area contributed by atoms with E-state index in [-0.39, 0.29) is 23.6 Å². The molecule has 1 aromatic heterocycles. The molecule has 0 aliphatic rings. The number of amides is 2. The summed E-state index contributed by atoms with van der Waals surface area (Å²) in [5, 5.41) is 9.79. The Bertz CT molecular complexity index is 741. The maximum Gasteiger partial charge on any atom is 0.260 e. The Labute approximate surface area is 144 Å². The van der Waals surface area contributed by atoms with Crippen molar-refractivity contribution in [3.8, 4) is 5.75 Å². The van der Waals surface area contributed by atoms with Crippen LogP contribution in [0, 0.1) is 6.92 Å². The maximum absolute atomic E-state index is 12.3. The molecule has 0 unspecified atom stereocenters. The molecule has 0 radical (unpaired) electrons. The van der Waals surface area contributed by atoms with Crippen LogP contribution in [0.15, 0.2) is 24.3 Å². The first-order valence-corrected chi connectivity index (χ1v) is 7.80. The first kappa shape index (κ1) is 17.8. The lowest BCUT2D eigenvalue weighted by molar-refractivity contribution is -0.122. The van der Waals surface area contributed by atoms with Crippen molar-refractivity contribution in [3.05, 3.63) is 40.7 Å². The largest absolute Gasteiger partial charge is 0.484 e. The van der Waals surface area contributed by atoms with Crippen LogP contribution in [0.4, 0.5) is 5.69 Å². The molecular formula is C16H19ClN4O3. The van der Waals surface area contributed by atoms with Gasteiger partial charge < -0.3 is 15.4 Å². The van der Waals surface area contributed by atoms with Crippen LogP contribution in [0.1, 0.15) is 23.0 Å². The Morgan fingerprint density at radius 2 is 1.96 bits per heavy atom. The smallest absolute Gasteiger partial charge is 0.260 e. The van der Waals surface area contributed by atoms with Crippen LogP contribution in [0.5, 0.6) is 5.75 Å². The third-order valence-electron chi connectivity index (χ3n) is 3.24. The molecule has 2 amide bonds. The van der Waals surface area contributed by atoms with Gasteiger partial charge in [0, 0.05) is 19.3 Å². The molecule has 0 aliphatic heterocycles. The van der Waals surface area contributed by atoms with E-state index in [2.05, 4.69) is 15.7 Å². The molecule has 0 aliphatic carbocycles. The highest BCUT2D eigenvalue weighted by atomic mass is 35.5. The lowest BCUT2D eigenvalue weighted by Crippen LogP contribution is -2.28. The van der Waals surface area contributed by atoms with E-state index in [1.165, 1.54) is 4.68 Å². The first-order valence-electron chi connectivity index (χ1n) is 7.42. The number of hydrogen-bond donors (Lipinski definition) is 2. The number of carbonyl (C=O) groups is 2. The fourth-order valence-electron chi connectivity index (χ4n) is 2.11. The fraction of sp³-hybridized carbons (Fsp3) is 0.312. The minimum Gasteiger partial charge on any atom is -0.484 e. The van der Waals surface area contributed by atoms with Gasteiger partial charge in [-0.1, -0.05) is 11.6 Å². The molecule has 0 saturated heterocycles. The van der Waals surface area contributed by atoms with Crippen molar-refractivity contribution in [2.45, 2.75) is 13.8 Å². The molecule has 1 heterocycles. The van der Waals surface area contributed by atoms with Crippen molar-refractivity contribution >= 4 is 29.1 Å². The zero-order valence-electron chi connectivity index (χ0n) is 13.7.